The lowest BCUT2D eigenvalue weighted by Crippen LogP contribution is -2.39. The van der Waals surface area contributed by atoms with E-state index in [1.165, 1.54) is 32.9 Å². The minimum absolute atomic E-state index is 0.0411. The van der Waals surface area contributed by atoms with Crippen molar-refractivity contribution in [1.82, 2.24) is 0 Å². The van der Waals surface area contributed by atoms with Crippen molar-refractivity contribution in [2.24, 2.45) is 0 Å². The maximum absolute atomic E-state index is 13.3. The number of nitrogens with zero attached hydrogens (tertiary/aromatic N) is 2. The number of ether oxygens (including phenoxy) is 1. The molecule has 0 aliphatic rings. The van der Waals surface area contributed by atoms with Gasteiger partial charge in [0.1, 0.15) is 10.6 Å². The van der Waals surface area contributed by atoms with Gasteiger partial charge < -0.3 is 10.3 Å². The summed E-state index contributed by atoms with van der Waals surface area (Å²) in [5.41, 5.74) is 9.68. The Hall–Kier alpha value is -1.70. The standard InChI is InChI=1S/C20H32N2O5S2/c1-8-9-10-13-27-16-12-11-15(19(2,3)4)14-17(16)28(23,24)18(22-21)29(25,26)20(5,6)7/h11-12,14H,8-10,13H2,1-7H3. The van der Waals surface area contributed by atoms with Gasteiger partial charge in [0.2, 0.25) is 0 Å². The second-order valence-corrected chi connectivity index (χ2v) is 13.7. The van der Waals surface area contributed by atoms with Crippen molar-refractivity contribution < 1.29 is 26.4 Å². The monoisotopic (exact) mass is 444 g/mol. The largest absolute Gasteiger partial charge is 0.500 e. The van der Waals surface area contributed by atoms with E-state index in [9.17, 15) is 22.4 Å². The molecule has 1 rings (SSSR count). The lowest BCUT2D eigenvalue weighted by atomic mass is 9.87. The molecule has 1 aromatic rings. The number of benzene rings is 1. The Morgan fingerprint density at radius 1 is 1.03 bits per heavy atom. The molecule has 9 heteroatoms. The third-order valence-corrected chi connectivity index (χ3v) is 9.36. The molecule has 1 aromatic carbocycles. The first-order valence-electron chi connectivity index (χ1n) is 9.59. The van der Waals surface area contributed by atoms with E-state index in [0.29, 0.717) is 12.2 Å². The first-order chi connectivity index (χ1) is 13.1. The topological polar surface area (TPSA) is 114 Å². The van der Waals surface area contributed by atoms with E-state index < -0.39 is 28.8 Å². The molecule has 0 aliphatic heterocycles. The van der Waals surface area contributed by atoms with E-state index in [0.717, 1.165) is 19.3 Å². The molecule has 0 spiro atoms. The molecule has 0 bridgehead atoms. The summed E-state index contributed by atoms with van der Waals surface area (Å²) < 4.78 is 55.1. The van der Waals surface area contributed by atoms with E-state index in [4.69, 9.17) is 4.74 Å². The molecule has 0 N–H and O–H groups in total. The van der Waals surface area contributed by atoms with Crippen LogP contribution in [0.2, 0.25) is 0 Å². The second-order valence-electron chi connectivity index (χ2n) is 8.95. The quantitative estimate of drug-likeness (QED) is 0.215. The highest BCUT2D eigenvalue weighted by Gasteiger charge is 2.50. The van der Waals surface area contributed by atoms with Crippen LogP contribution in [0, 0.1) is 0 Å². The SMILES string of the molecule is CCCCCOc1ccc(C(C)(C)C)cc1S(=O)(=O)C(=[N+]=[N-])S(=O)(=O)C(C)(C)C. The van der Waals surface area contributed by atoms with Crippen molar-refractivity contribution >= 4 is 24.1 Å². The fourth-order valence-electron chi connectivity index (χ4n) is 2.45. The normalized spacial score (nSPS) is 13.1. The zero-order chi connectivity index (χ0) is 22.7. The summed E-state index contributed by atoms with van der Waals surface area (Å²) in [5, 5.41) is 0. The van der Waals surface area contributed by atoms with Gasteiger partial charge in [0, 0.05) is 0 Å². The van der Waals surface area contributed by atoms with Crippen LogP contribution < -0.4 is 4.74 Å². The lowest BCUT2D eigenvalue weighted by molar-refractivity contribution is 0.00365. The minimum Gasteiger partial charge on any atom is -0.492 e. The van der Waals surface area contributed by atoms with Gasteiger partial charge in [-0.2, -0.15) is 0 Å². The zero-order valence-electron chi connectivity index (χ0n) is 18.3. The van der Waals surface area contributed by atoms with Gasteiger partial charge in [0.15, 0.2) is 0 Å². The third kappa shape index (κ3) is 5.68. The Kier molecular flexibility index (Phi) is 7.84. The van der Waals surface area contributed by atoms with Gasteiger partial charge in [0.05, 0.1) is 11.4 Å². The molecule has 0 saturated heterocycles. The Balaban J connectivity index is 3.67. The van der Waals surface area contributed by atoms with Gasteiger partial charge in [0.25, 0.3) is 19.7 Å². The molecule has 0 aliphatic carbocycles. The average Bonchev–Trinajstić information content (AvgIpc) is 2.57. The summed E-state index contributed by atoms with van der Waals surface area (Å²) in [6.45, 7) is 12.1. The van der Waals surface area contributed by atoms with E-state index in [1.54, 1.807) is 6.07 Å². The van der Waals surface area contributed by atoms with Crippen LogP contribution in [0.4, 0.5) is 0 Å². The van der Waals surface area contributed by atoms with Crippen LogP contribution in [0.3, 0.4) is 0 Å². The first kappa shape index (κ1) is 25.3. The number of sulfone groups is 2. The Morgan fingerprint density at radius 2 is 1.62 bits per heavy atom. The lowest BCUT2D eigenvalue weighted by Gasteiger charge is -2.21. The summed E-state index contributed by atoms with van der Waals surface area (Å²) in [4.78, 5) is 2.38. The first-order valence-corrected chi connectivity index (χ1v) is 12.6. The van der Waals surface area contributed by atoms with Gasteiger partial charge >= 0.3 is 4.38 Å². The molecular formula is C20H32N2O5S2. The van der Waals surface area contributed by atoms with E-state index in [2.05, 4.69) is 4.79 Å². The van der Waals surface area contributed by atoms with Crippen LogP contribution in [0.1, 0.15) is 73.3 Å². The van der Waals surface area contributed by atoms with Crippen molar-refractivity contribution in [1.29, 1.82) is 0 Å². The van der Waals surface area contributed by atoms with E-state index in [1.807, 2.05) is 27.7 Å². The highest BCUT2D eigenvalue weighted by molar-refractivity contribution is 8.31. The minimum atomic E-state index is -4.66. The molecule has 0 fully saturated rings. The summed E-state index contributed by atoms with van der Waals surface area (Å²) in [6.07, 6.45) is 2.63. The van der Waals surface area contributed by atoms with Crippen molar-refractivity contribution in [3.63, 3.8) is 0 Å². The van der Waals surface area contributed by atoms with Gasteiger partial charge in [-0.1, -0.05) is 46.6 Å². The number of hydrogen-bond acceptors (Lipinski definition) is 5. The summed E-state index contributed by atoms with van der Waals surface area (Å²) in [5.74, 6) is 0.0411. The van der Waals surface area contributed by atoms with Crippen molar-refractivity contribution in [3.05, 3.63) is 29.3 Å². The van der Waals surface area contributed by atoms with E-state index >= 15 is 0 Å². The van der Waals surface area contributed by atoms with Crippen LogP contribution in [0.25, 0.3) is 5.53 Å². The highest BCUT2D eigenvalue weighted by atomic mass is 32.3. The van der Waals surface area contributed by atoms with Crippen molar-refractivity contribution in [2.75, 3.05) is 6.61 Å². The fourth-order valence-corrected chi connectivity index (χ4v) is 6.22. The molecule has 0 radical (unpaired) electrons. The summed E-state index contributed by atoms with van der Waals surface area (Å²) >= 11 is 0. The molecule has 29 heavy (non-hydrogen) atoms. The predicted molar refractivity (Wildman–Crippen MR) is 115 cm³/mol. The molecule has 7 nitrogen and oxygen atoms in total. The fraction of sp³-hybridized carbons (Fsp3) is 0.650. The Morgan fingerprint density at radius 3 is 2.07 bits per heavy atom. The van der Waals surface area contributed by atoms with Gasteiger partial charge in [-0.05, 0) is 50.3 Å². The van der Waals surface area contributed by atoms with Crippen molar-refractivity contribution in [3.8, 4) is 5.75 Å². The van der Waals surface area contributed by atoms with Gasteiger partial charge in [-0.25, -0.2) is 16.8 Å². The van der Waals surface area contributed by atoms with Crippen LogP contribution in [-0.4, -0.2) is 37.4 Å². The number of hydrogen-bond donors (Lipinski definition) is 0. The molecule has 0 atom stereocenters. The molecule has 164 valence electrons. The third-order valence-electron chi connectivity index (χ3n) is 4.45. The van der Waals surface area contributed by atoms with Crippen LogP contribution >= 0.6 is 0 Å². The molecule has 0 aromatic heterocycles. The maximum atomic E-state index is 13.3. The Labute approximate surface area is 174 Å². The molecular weight excluding hydrogens is 412 g/mol. The molecule has 0 saturated carbocycles. The van der Waals surface area contributed by atoms with Crippen molar-refractivity contribution in [2.45, 2.75) is 82.8 Å². The summed E-state index contributed by atoms with van der Waals surface area (Å²) in [7, 11) is -9.09. The average molecular weight is 445 g/mol. The smallest absolute Gasteiger partial charge is 0.492 e. The molecule has 0 amide bonds. The second kappa shape index (κ2) is 8.98. The Bertz CT molecular complexity index is 992. The summed E-state index contributed by atoms with van der Waals surface area (Å²) in [6, 6.07) is 4.67. The van der Waals surface area contributed by atoms with Crippen LogP contribution in [0.15, 0.2) is 23.1 Å². The van der Waals surface area contributed by atoms with Gasteiger partial charge in [-0.15, -0.1) is 4.79 Å². The molecule has 0 heterocycles. The van der Waals surface area contributed by atoms with E-state index in [-0.39, 0.29) is 16.1 Å². The molecule has 0 unspecified atom stereocenters. The van der Waals surface area contributed by atoms with Crippen LogP contribution in [-0.2, 0) is 25.1 Å². The zero-order valence-corrected chi connectivity index (χ0v) is 19.9. The number of rotatable bonds is 6. The van der Waals surface area contributed by atoms with Gasteiger partial charge in [-0.3, -0.25) is 0 Å². The van der Waals surface area contributed by atoms with Crippen LogP contribution in [0.5, 0.6) is 5.75 Å². The number of unbranched alkanes of at least 4 members (excludes halogenated alkanes) is 2. The maximum Gasteiger partial charge on any atom is 0.500 e. The predicted octanol–water partition coefficient (Wildman–Crippen LogP) is 4.13. The highest BCUT2D eigenvalue weighted by Crippen LogP contribution is 2.34.